The third-order valence-electron chi connectivity index (χ3n) is 4.98. The van der Waals surface area contributed by atoms with Crippen molar-refractivity contribution in [3.8, 4) is 0 Å². The van der Waals surface area contributed by atoms with Gasteiger partial charge in [-0.2, -0.15) is 0 Å². The summed E-state index contributed by atoms with van der Waals surface area (Å²) in [4.78, 5) is 27.0. The van der Waals surface area contributed by atoms with Crippen molar-refractivity contribution >= 4 is 5.91 Å². The minimum Gasteiger partial charge on any atom is -0.338 e. The lowest BCUT2D eigenvalue weighted by atomic mass is 9.96. The van der Waals surface area contributed by atoms with Crippen molar-refractivity contribution in [2.24, 2.45) is 7.05 Å². The van der Waals surface area contributed by atoms with E-state index in [0.29, 0.717) is 24.5 Å². The van der Waals surface area contributed by atoms with Crippen LogP contribution in [0.1, 0.15) is 46.6 Å². The van der Waals surface area contributed by atoms with Gasteiger partial charge in [0.05, 0.1) is 18.4 Å². The van der Waals surface area contributed by atoms with Crippen molar-refractivity contribution in [2.75, 3.05) is 13.1 Å². The van der Waals surface area contributed by atoms with E-state index in [9.17, 15) is 4.79 Å². The van der Waals surface area contributed by atoms with Crippen LogP contribution in [-0.2, 0) is 13.6 Å². The van der Waals surface area contributed by atoms with E-state index in [1.54, 1.807) is 31.8 Å². The van der Waals surface area contributed by atoms with Gasteiger partial charge in [-0.15, -0.1) is 10.2 Å². The number of hydrogen-bond acceptors (Lipinski definition) is 6. The van der Waals surface area contributed by atoms with Gasteiger partial charge in [0, 0.05) is 50.8 Å². The molecule has 0 unspecified atom stereocenters. The van der Waals surface area contributed by atoms with Gasteiger partial charge >= 0.3 is 0 Å². The van der Waals surface area contributed by atoms with Gasteiger partial charge in [-0.25, -0.2) is 15.0 Å². The number of imidazole rings is 1. The molecule has 1 amide bonds. The Morgan fingerprint density at radius 1 is 1.26 bits per heavy atom. The van der Waals surface area contributed by atoms with Crippen molar-refractivity contribution in [3.63, 3.8) is 0 Å². The molecule has 0 spiro atoms. The molecule has 0 aliphatic carbocycles. The summed E-state index contributed by atoms with van der Waals surface area (Å²) < 4.78 is 4.00. The number of rotatable bonds is 4. The molecule has 9 nitrogen and oxygen atoms in total. The highest BCUT2D eigenvalue weighted by Crippen LogP contribution is 2.26. The van der Waals surface area contributed by atoms with Crippen molar-refractivity contribution < 1.29 is 4.79 Å². The Morgan fingerprint density at radius 3 is 2.81 bits per heavy atom. The largest absolute Gasteiger partial charge is 0.338 e. The Bertz CT molecular complexity index is 916. The second-order valence-electron chi connectivity index (χ2n) is 6.88. The standard InChI is InChI=1S/C18H22N8O/c1-13-20-8-15(9-21-13)18(27)26-6-3-4-14(10-26)17-23-22-16(24(17)2)11-25-7-5-19-12-25/h5,7-9,12,14H,3-4,6,10-11H2,1-2H3/t14-/m0/s1. The number of nitrogens with zero attached hydrogens (tertiary/aromatic N) is 8. The maximum atomic E-state index is 12.8. The summed E-state index contributed by atoms with van der Waals surface area (Å²) in [6.45, 7) is 3.80. The lowest BCUT2D eigenvalue weighted by Gasteiger charge is -2.32. The smallest absolute Gasteiger partial charge is 0.257 e. The van der Waals surface area contributed by atoms with Gasteiger partial charge in [-0.3, -0.25) is 4.79 Å². The first-order chi connectivity index (χ1) is 13.1. The third kappa shape index (κ3) is 3.57. The highest BCUT2D eigenvalue weighted by atomic mass is 16.2. The van der Waals surface area contributed by atoms with Crippen LogP contribution >= 0.6 is 0 Å². The monoisotopic (exact) mass is 366 g/mol. The van der Waals surface area contributed by atoms with Crippen LogP contribution in [0, 0.1) is 6.92 Å². The molecule has 0 N–H and O–H groups in total. The number of aromatic nitrogens is 7. The van der Waals surface area contributed by atoms with E-state index in [2.05, 4.69) is 25.1 Å². The Balaban J connectivity index is 1.49. The minimum atomic E-state index is -0.0273. The summed E-state index contributed by atoms with van der Waals surface area (Å²) in [5, 5.41) is 8.76. The molecule has 0 aromatic carbocycles. The highest BCUT2D eigenvalue weighted by molar-refractivity contribution is 5.93. The average molecular weight is 366 g/mol. The molecule has 0 saturated carbocycles. The zero-order valence-electron chi connectivity index (χ0n) is 15.5. The first kappa shape index (κ1) is 17.3. The van der Waals surface area contributed by atoms with Crippen molar-refractivity contribution in [2.45, 2.75) is 32.2 Å². The fourth-order valence-electron chi connectivity index (χ4n) is 3.47. The molecular weight excluding hydrogens is 344 g/mol. The first-order valence-electron chi connectivity index (χ1n) is 9.03. The van der Waals surface area contributed by atoms with E-state index in [-0.39, 0.29) is 11.8 Å². The number of amides is 1. The van der Waals surface area contributed by atoms with E-state index < -0.39 is 0 Å². The van der Waals surface area contributed by atoms with Crippen LogP contribution < -0.4 is 0 Å². The van der Waals surface area contributed by atoms with Crippen LogP contribution in [0.2, 0.25) is 0 Å². The maximum absolute atomic E-state index is 12.8. The number of aryl methyl sites for hydroxylation is 1. The third-order valence-corrected chi connectivity index (χ3v) is 4.98. The number of hydrogen-bond donors (Lipinski definition) is 0. The number of likely N-dealkylation sites (tertiary alicyclic amines) is 1. The molecule has 140 valence electrons. The van der Waals surface area contributed by atoms with E-state index >= 15 is 0 Å². The SMILES string of the molecule is Cc1ncc(C(=O)N2CCC[C@H](c3nnc(Cn4ccnc4)n3C)C2)cn1. The molecule has 27 heavy (non-hydrogen) atoms. The predicted octanol–water partition coefficient (Wildman–Crippen LogP) is 1.18. The molecule has 1 aliphatic rings. The second kappa shape index (κ2) is 7.26. The van der Waals surface area contributed by atoms with E-state index in [0.717, 1.165) is 31.0 Å². The molecule has 1 fully saturated rings. The van der Waals surface area contributed by atoms with Crippen LogP contribution in [-0.4, -0.2) is 58.2 Å². The lowest BCUT2D eigenvalue weighted by Crippen LogP contribution is -2.39. The zero-order chi connectivity index (χ0) is 18.8. The molecule has 0 radical (unpaired) electrons. The predicted molar refractivity (Wildman–Crippen MR) is 97.0 cm³/mol. The van der Waals surface area contributed by atoms with Crippen LogP contribution in [0.25, 0.3) is 0 Å². The zero-order valence-corrected chi connectivity index (χ0v) is 15.5. The molecule has 9 heteroatoms. The van der Waals surface area contributed by atoms with E-state index in [1.165, 1.54) is 0 Å². The van der Waals surface area contributed by atoms with Gasteiger partial charge in [0.25, 0.3) is 5.91 Å². The summed E-state index contributed by atoms with van der Waals surface area (Å²) in [5.41, 5.74) is 0.528. The number of piperidine rings is 1. The Kier molecular flexibility index (Phi) is 4.66. The summed E-state index contributed by atoms with van der Waals surface area (Å²) in [5.74, 6) is 2.59. The van der Waals surface area contributed by atoms with Gasteiger partial charge in [0.2, 0.25) is 0 Å². The van der Waals surface area contributed by atoms with Crippen LogP contribution in [0.4, 0.5) is 0 Å². The fraction of sp³-hybridized carbons (Fsp3) is 0.444. The number of carbonyl (C=O) groups is 1. The lowest BCUT2D eigenvalue weighted by molar-refractivity contribution is 0.0702. The Hall–Kier alpha value is -3.10. The van der Waals surface area contributed by atoms with E-state index in [4.69, 9.17) is 0 Å². The van der Waals surface area contributed by atoms with Gasteiger partial charge in [-0.05, 0) is 19.8 Å². The fourth-order valence-corrected chi connectivity index (χ4v) is 3.47. The van der Waals surface area contributed by atoms with Gasteiger partial charge in [-0.1, -0.05) is 0 Å². The molecule has 4 heterocycles. The summed E-state index contributed by atoms with van der Waals surface area (Å²) in [6.07, 6.45) is 10.5. The van der Waals surface area contributed by atoms with Crippen molar-refractivity contribution in [1.82, 2.24) is 39.2 Å². The molecule has 1 aliphatic heterocycles. The van der Waals surface area contributed by atoms with E-state index in [1.807, 2.05) is 27.3 Å². The minimum absolute atomic E-state index is 0.0273. The number of carbonyl (C=O) groups excluding carboxylic acids is 1. The van der Waals surface area contributed by atoms with Gasteiger partial charge in [0.1, 0.15) is 11.6 Å². The summed E-state index contributed by atoms with van der Waals surface area (Å²) in [7, 11) is 1.98. The highest BCUT2D eigenvalue weighted by Gasteiger charge is 2.29. The molecular formula is C18H22N8O. The Labute approximate surface area is 157 Å². The quantitative estimate of drug-likeness (QED) is 0.688. The van der Waals surface area contributed by atoms with Crippen LogP contribution in [0.3, 0.4) is 0 Å². The molecule has 1 atom stereocenters. The topological polar surface area (TPSA) is 94.6 Å². The van der Waals surface area contributed by atoms with Crippen LogP contribution in [0.5, 0.6) is 0 Å². The normalized spacial score (nSPS) is 17.3. The van der Waals surface area contributed by atoms with Crippen molar-refractivity contribution in [1.29, 1.82) is 0 Å². The molecule has 0 bridgehead atoms. The molecule has 3 aromatic rings. The van der Waals surface area contributed by atoms with Crippen LogP contribution in [0.15, 0.2) is 31.1 Å². The Morgan fingerprint density at radius 2 is 2.07 bits per heavy atom. The summed E-state index contributed by atoms with van der Waals surface area (Å²) >= 11 is 0. The second-order valence-corrected chi connectivity index (χ2v) is 6.88. The van der Waals surface area contributed by atoms with Gasteiger partial charge < -0.3 is 14.0 Å². The summed E-state index contributed by atoms with van der Waals surface area (Å²) in [6, 6.07) is 0. The van der Waals surface area contributed by atoms with Gasteiger partial charge in [0.15, 0.2) is 5.82 Å². The average Bonchev–Trinajstić information content (AvgIpc) is 3.33. The molecule has 4 rings (SSSR count). The van der Waals surface area contributed by atoms with Crippen molar-refractivity contribution in [3.05, 3.63) is 54.2 Å². The first-order valence-corrected chi connectivity index (χ1v) is 9.03. The maximum Gasteiger partial charge on any atom is 0.257 e. The molecule has 1 saturated heterocycles. The molecule has 3 aromatic heterocycles.